The van der Waals surface area contributed by atoms with Crippen LogP contribution in [0.3, 0.4) is 0 Å². The molecule has 0 bridgehead atoms. The minimum Gasteiger partial charge on any atom is -0.353 e. The smallest absolute Gasteiger partial charge is 0.221 e. The Kier molecular flexibility index (Phi) is 5.09. The molecule has 1 fully saturated rings. The highest BCUT2D eigenvalue weighted by Crippen LogP contribution is 2.26. The first kappa shape index (κ1) is 12.5. The number of nitrogens with one attached hydrogen (secondary N) is 1. The van der Waals surface area contributed by atoms with Crippen molar-refractivity contribution >= 4 is 5.91 Å². The third-order valence-electron chi connectivity index (χ3n) is 3.23. The molecule has 1 aliphatic rings. The molecule has 0 aromatic rings. The van der Waals surface area contributed by atoms with Crippen molar-refractivity contribution in [2.24, 2.45) is 11.7 Å². The zero-order valence-corrected chi connectivity index (χ0v) is 9.96. The Balaban J connectivity index is 2.28. The van der Waals surface area contributed by atoms with Gasteiger partial charge in [-0.1, -0.05) is 26.2 Å². The SMILES string of the molecule is CCC1CCCC(NC(=O)CC(C)N)C1. The molecule has 3 heteroatoms. The van der Waals surface area contributed by atoms with Gasteiger partial charge in [0.1, 0.15) is 0 Å². The minimum atomic E-state index is -0.0319. The van der Waals surface area contributed by atoms with Gasteiger partial charge in [-0.2, -0.15) is 0 Å². The summed E-state index contributed by atoms with van der Waals surface area (Å²) in [6.45, 7) is 4.10. The van der Waals surface area contributed by atoms with Crippen LogP contribution in [0.25, 0.3) is 0 Å². The number of rotatable bonds is 4. The Hall–Kier alpha value is -0.570. The monoisotopic (exact) mass is 212 g/mol. The lowest BCUT2D eigenvalue weighted by Gasteiger charge is -2.29. The molecule has 1 saturated carbocycles. The number of amides is 1. The average Bonchev–Trinajstić information content (AvgIpc) is 2.16. The van der Waals surface area contributed by atoms with E-state index < -0.39 is 0 Å². The van der Waals surface area contributed by atoms with Crippen LogP contribution in [0.15, 0.2) is 0 Å². The van der Waals surface area contributed by atoms with Crippen LogP contribution in [0.5, 0.6) is 0 Å². The van der Waals surface area contributed by atoms with Crippen LogP contribution in [0.2, 0.25) is 0 Å². The molecule has 1 amide bonds. The second-order valence-electron chi connectivity index (χ2n) is 4.89. The Morgan fingerprint density at radius 2 is 2.27 bits per heavy atom. The molecule has 0 aliphatic heterocycles. The van der Waals surface area contributed by atoms with Crippen LogP contribution in [0.1, 0.15) is 52.4 Å². The maximum Gasteiger partial charge on any atom is 0.221 e. The number of carbonyl (C=O) groups excluding carboxylic acids is 1. The highest BCUT2D eigenvalue weighted by atomic mass is 16.1. The molecule has 0 aromatic heterocycles. The quantitative estimate of drug-likeness (QED) is 0.746. The summed E-state index contributed by atoms with van der Waals surface area (Å²) < 4.78 is 0. The van der Waals surface area contributed by atoms with Crippen molar-refractivity contribution in [1.29, 1.82) is 0 Å². The van der Waals surface area contributed by atoms with E-state index in [1.54, 1.807) is 0 Å². The summed E-state index contributed by atoms with van der Waals surface area (Å²) in [6, 6.07) is 0.366. The molecule has 0 saturated heterocycles. The molecular weight excluding hydrogens is 188 g/mol. The Morgan fingerprint density at radius 1 is 1.53 bits per heavy atom. The van der Waals surface area contributed by atoms with E-state index in [1.165, 1.54) is 19.3 Å². The van der Waals surface area contributed by atoms with Gasteiger partial charge in [0.15, 0.2) is 0 Å². The number of hydrogen-bond acceptors (Lipinski definition) is 2. The van der Waals surface area contributed by atoms with Crippen molar-refractivity contribution < 1.29 is 4.79 Å². The fourth-order valence-corrected chi connectivity index (χ4v) is 2.37. The van der Waals surface area contributed by atoms with Gasteiger partial charge in [0.2, 0.25) is 5.91 Å². The van der Waals surface area contributed by atoms with Gasteiger partial charge in [0, 0.05) is 18.5 Å². The summed E-state index contributed by atoms with van der Waals surface area (Å²) in [5, 5.41) is 3.10. The molecule has 15 heavy (non-hydrogen) atoms. The first-order valence-electron chi connectivity index (χ1n) is 6.16. The lowest BCUT2D eigenvalue weighted by molar-refractivity contribution is -0.122. The van der Waals surface area contributed by atoms with Crippen molar-refractivity contribution in [2.75, 3.05) is 0 Å². The summed E-state index contributed by atoms with van der Waals surface area (Å²) in [4.78, 5) is 11.5. The predicted molar refractivity (Wildman–Crippen MR) is 62.4 cm³/mol. The molecule has 0 aromatic carbocycles. The summed E-state index contributed by atoms with van der Waals surface area (Å²) in [7, 11) is 0. The van der Waals surface area contributed by atoms with Crippen molar-refractivity contribution in [1.82, 2.24) is 5.32 Å². The van der Waals surface area contributed by atoms with Crippen LogP contribution >= 0.6 is 0 Å². The highest BCUT2D eigenvalue weighted by Gasteiger charge is 2.22. The summed E-state index contributed by atoms with van der Waals surface area (Å²) in [5.74, 6) is 0.922. The van der Waals surface area contributed by atoms with E-state index in [2.05, 4.69) is 12.2 Å². The predicted octanol–water partition coefficient (Wildman–Crippen LogP) is 1.81. The van der Waals surface area contributed by atoms with Gasteiger partial charge in [0.05, 0.1) is 0 Å². The summed E-state index contributed by atoms with van der Waals surface area (Å²) >= 11 is 0. The van der Waals surface area contributed by atoms with Gasteiger partial charge in [-0.15, -0.1) is 0 Å². The first-order chi connectivity index (χ1) is 7.11. The van der Waals surface area contributed by atoms with E-state index in [4.69, 9.17) is 5.73 Å². The van der Waals surface area contributed by atoms with E-state index in [0.717, 1.165) is 18.8 Å². The molecule has 0 heterocycles. The summed E-state index contributed by atoms with van der Waals surface area (Å²) in [5.41, 5.74) is 5.59. The van der Waals surface area contributed by atoms with Gasteiger partial charge in [-0.3, -0.25) is 4.79 Å². The maximum atomic E-state index is 11.5. The van der Waals surface area contributed by atoms with Crippen LogP contribution in [-0.4, -0.2) is 18.0 Å². The van der Waals surface area contributed by atoms with Crippen LogP contribution in [-0.2, 0) is 4.79 Å². The largest absolute Gasteiger partial charge is 0.353 e. The van der Waals surface area contributed by atoms with Crippen LogP contribution in [0.4, 0.5) is 0 Å². The fourth-order valence-electron chi connectivity index (χ4n) is 2.37. The first-order valence-corrected chi connectivity index (χ1v) is 6.16. The molecule has 3 N–H and O–H groups in total. The molecule has 3 nitrogen and oxygen atoms in total. The molecule has 3 unspecified atom stereocenters. The van der Waals surface area contributed by atoms with Crippen LogP contribution in [0, 0.1) is 5.92 Å². The zero-order valence-electron chi connectivity index (χ0n) is 9.96. The lowest BCUT2D eigenvalue weighted by Crippen LogP contribution is -2.40. The molecule has 3 atom stereocenters. The average molecular weight is 212 g/mol. The maximum absolute atomic E-state index is 11.5. The molecular formula is C12H24N2O. The second kappa shape index (κ2) is 6.11. The topological polar surface area (TPSA) is 55.1 Å². The Morgan fingerprint density at radius 3 is 2.87 bits per heavy atom. The van der Waals surface area contributed by atoms with E-state index in [0.29, 0.717) is 12.5 Å². The third-order valence-corrected chi connectivity index (χ3v) is 3.23. The summed E-state index contributed by atoms with van der Waals surface area (Å²) in [6.07, 6.45) is 6.56. The van der Waals surface area contributed by atoms with Gasteiger partial charge >= 0.3 is 0 Å². The fraction of sp³-hybridized carbons (Fsp3) is 0.917. The van der Waals surface area contributed by atoms with E-state index in [9.17, 15) is 4.79 Å². The van der Waals surface area contributed by atoms with Crippen molar-refractivity contribution in [2.45, 2.75) is 64.5 Å². The minimum absolute atomic E-state index is 0.0319. The van der Waals surface area contributed by atoms with E-state index >= 15 is 0 Å². The third kappa shape index (κ3) is 4.65. The van der Waals surface area contributed by atoms with Gasteiger partial charge in [-0.05, 0) is 25.7 Å². The number of carbonyl (C=O) groups is 1. The Labute approximate surface area is 92.8 Å². The van der Waals surface area contributed by atoms with Gasteiger partial charge in [-0.25, -0.2) is 0 Å². The molecule has 0 radical (unpaired) electrons. The van der Waals surface area contributed by atoms with Crippen molar-refractivity contribution in [3.8, 4) is 0 Å². The van der Waals surface area contributed by atoms with Gasteiger partial charge in [0.25, 0.3) is 0 Å². The Bertz CT molecular complexity index is 204. The van der Waals surface area contributed by atoms with E-state index in [1.807, 2.05) is 6.92 Å². The molecule has 88 valence electrons. The van der Waals surface area contributed by atoms with Crippen LogP contribution < -0.4 is 11.1 Å². The molecule has 1 aliphatic carbocycles. The zero-order chi connectivity index (χ0) is 11.3. The van der Waals surface area contributed by atoms with E-state index in [-0.39, 0.29) is 11.9 Å². The van der Waals surface area contributed by atoms with Gasteiger partial charge < -0.3 is 11.1 Å². The highest BCUT2D eigenvalue weighted by molar-refractivity contribution is 5.76. The second-order valence-corrected chi connectivity index (χ2v) is 4.89. The molecule has 0 spiro atoms. The normalized spacial score (nSPS) is 28.5. The molecule has 1 rings (SSSR count). The standard InChI is InChI=1S/C12H24N2O/c1-3-10-5-4-6-11(8-10)14-12(15)7-9(2)13/h9-11H,3-8,13H2,1-2H3,(H,14,15). The van der Waals surface area contributed by atoms with Crippen molar-refractivity contribution in [3.63, 3.8) is 0 Å². The van der Waals surface area contributed by atoms with Crippen molar-refractivity contribution in [3.05, 3.63) is 0 Å². The lowest BCUT2D eigenvalue weighted by atomic mass is 9.84. The number of hydrogen-bond donors (Lipinski definition) is 2. The number of nitrogens with two attached hydrogens (primary N) is 1.